The van der Waals surface area contributed by atoms with Gasteiger partial charge in [-0.05, 0) is 12.3 Å². The fourth-order valence-electron chi connectivity index (χ4n) is 3.08. The van der Waals surface area contributed by atoms with Crippen molar-refractivity contribution in [3.05, 3.63) is 27.0 Å². The Labute approximate surface area is 154 Å². The maximum Gasteiger partial charge on any atom is 0.330 e. The number of aryl methyl sites for hydroxylation is 1. The number of aromatic nitrogens is 2. The van der Waals surface area contributed by atoms with E-state index >= 15 is 0 Å². The van der Waals surface area contributed by atoms with Gasteiger partial charge in [0.15, 0.2) is 4.90 Å². The number of morpholine rings is 1. The van der Waals surface area contributed by atoms with Gasteiger partial charge in [-0.3, -0.25) is 9.36 Å². The van der Waals surface area contributed by atoms with Crippen LogP contribution in [0.25, 0.3) is 0 Å². The van der Waals surface area contributed by atoms with Crippen LogP contribution in [-0.4, -0.2) is 47.2 Å². The van der Waals surface area contributed by atoms with E-state index in [2.05, 4.69) is 6.92 Å². The molecule has 0 bridgehead atoms. The molecule has 1 aliphatic rings. The van der Waals surface area contributed by atoms with Crippen molar-refractivity contribution in [3.63, 3.8) is 0 Å². The highest BCUT2D eigenvalue weighted by Gasteiger charge is 2.38. The summed E-state index contributed by atoms with van der Waals surface area (Å²) in [4.78, 5) is 23.9. The molecule has 0 amide bonds. The Balaban J connectivity index is 2.43. The molecule has 0 N–H and O–H groups in total. The molecule has 2 rings (SSSR count). The smallest absolute Gasteiger partial charge is 0.330 e. The minimum atomic E-state index is -4.02. The summed E-state index contributed by atoms with van der Waals surface area (Å²) in [5, 5.41) is 0. The predicted molar refractivity (Wildman–Crippen MR) is 98.7 cm³/mol. The lowest BCUT2D eigenvalue weighted by Crippen LogP contribution is -2.53. The molecule has 0 spiro atoms. The Morgan fingerprint density at radius 3 is 2.46 bits per heavy atom. The molecule has 8 nitrogen and oxygen atoms in total. The Kier molecular flexibility index (Phi) is 6.46. The molecule has 9 heteroatoms. The molecule has 1 fully saturated rings. The van der Waals surface area contributed by atoms with Gasteiger partial charge in [0.25, 0.3) is 5.56 Å². The van der Waals surface area contributed by atoms with Gasteiger partial charge in [0.2, 0.25) is 10.0 Å². The predicted octanol–water partition coefficient (Wildman–Crippen LogP) is 0.688. The van der Waals surface area contributed by atoms with E-state index in [0.717, 1.165) is 34.6 Å². The normalized spacial score (nSPS) is 22.1. The van der Waals surface area contributed by atoms with Crippen LogP contribution in [0.3, 0.4) is 0 Å². The van der Waals surface area contributed by atoms with E-state index in [0.29, 0.717) is 0 Å². The monoisotopic (exact) mass is 387 g/mol. The third kappa shape index (κ3) is 4.10. The first-order valence-electron chi connectivity index (χ1n) is 9.01. The number of ether oxygens (including phenoxy) is 1. The third-order valence-electron chi connectivity index (χ3n) is 4.81. The molecule has 1 aromatic rings. The average molecular weight is 388 g/mol. The van der Waals surface area contributed by atoms with Crippen molar-refractivity contribution in [2.24, 2.45) is 20.0 Å². The summed E-state index contributed by atoms with van der Waals surface area (Å²) in [6, 6.07) is 0. The van der Waals surface area contributed by atoms with Gasteiger partial charge in [0, 0.05) is 33.4 Å². The lowest BCUT2D eigenvalue weighted by atomic mass is 10.0. The number of unbranched alkanes of at least 4 members (excludes halogenated alkanes) is 1. The zero-order chi connectivity index (χ0) is 19.6. The van der Waals surface area contributed by atoms with Crippen molar-refractivity contribution in [1.82, 2.24) is 13.4 Å². The fourth-order valence-corrected chi connectivity index (χ4v) is 4.71. The molecule has 2 atom stereocenters. The Hall–Kier alpha value is -1.45. The van der Waals surface area contributed by atoms with Crippen LogP contribution in [0, 0.1) is 5.92 Å². The molecule has 1 saturated heterocycles. The van der Waals surface area contributed by atoms with E-state index in [4.69, 9.17) is 4.74 Å². The Bertz CT molecular complexity index is 856. The molecule has 0 aliphatic carbocycles. The standard InChI is InChI=1S/C17H29N3O5S/c1-6-7-8-13-9-20(10-14(25-13)12(2)3)26(23,24)15-11-18(4)17(22)19(5)16(15)21/h11-14H,6-10H2,1-5H3/t13-,14-/m1/s1. The summed E-state index contributed by atoms with van der Waals surface area (Å²) in [6.45, 7) is 6.48. The van der Waals surface area contributed by atoms with Crippen molar-refractivity contribution in [2.45, 2.75) is 57.1 Å². The molecule has 0 saturated carbocycles. The topological polar surface area (TPSA) is 90.6 Å². The molecule has 0 aromatic carbocycles. The zero-order valence-corrected chi connectivity index (χ0v) is 17.0. The molecule has 2 heterocycles. The summed E-state index contributed by atoms with van der Waals surface area (Å²) in [5.74, 6) is 0.153. The Morgan fingerprint density at radius 2 is 1.88 bits per heavy atom. The molecule has 1 aromatic heterocycles. The maximum absolute atomic E-state index is 13.2. The fraction of sp³-hybridized carbons (Fsp3) is 0.765. The second-order valence-electron chi connectivity index (χ2n) is 7.26. The van der Waals surface area contributed by atoms with E-state index in [1.54, 1.807) is 0 Å². The van der Waals surface area contributed by atoms with Crippen molar-refractivity contribution >= 4 is 10.0 Å². The molecular weight excluding hydrogens is 358 g/mol. The van der Waals surface area contributed by atoms with Crippen molar-refractivity contribution in [3.8, 4) is 0 Å². The van der Waals surface area contributed by atoms with Gasteiger partial charge >= 0.3 is 5.69 Å². The molecule has 0 radical (unpaired) electrons. The third-order valence-corrected chi connectivity index (χ3v) is 6.63. The van der Waals surface area contributed by atoms with Crippen molar-refractivity contribution in [2.75, 3.05) is 13.1 Å². The van der Waals surface area contributed by atoms with Crippen molar-refractivity contribution in [1.29, 1.82) is 0 Å². The quantitative estimate of drug-likeness (QED) is 0.716. The summed E-state index contributed by atoms with van der Waals surface area (Å²) in [6.07, 6.45) is 3.42. The van der Waals surface area contributed by atoms with E-state index in [1.807, 2.05) is 13.8 Å². The SMILES string of the molecule is CCCC[C@@H]1CN(S(=O)(=O)c2cn(C)c(=O)n(C)c2=O)C[C@H](C(C)C)O1. The van der Waals surface area contributed by atoms with Crippen LogP contribution in [0.1, 0.15) is 40.0 Å². The summed E-state index contributed by atoms with van der Waals surface area (Å²) < 4.78 is 35.6. The summed E-state index contributed by atoms with van der Waals surface area (Å²) in [5.41, 5.74) is -1.36. The summed E-state index contributed by atoms with van der Waals surface area (Å²) in [7, 11) is -1.31. The average Bonchev–Trinajstić information content (AvgIpc) is 2.60. The molecule has 1 aliphatic heterocycles. The van der Waals surface area contributed by atoms with Gasteiger partial charge in [-0.25, -0.2) is 13.2 Å². The second-order valence-corrected chi connectivity index (χ2v) is 9.16. The molecule has 0 unspecified atom stereocenters. The first-order chi connectivity index (χ1) is 12.1. The number of hydrogen-bond donors (Lipinski definition) is 0. The lowest BCUT2D eigenvalue weighted by molar-refractivity contribution is -0.0858. The van der Waals surface area contributed by atoms with E-state index in [-0.39, 0.29) is 36.1 Å². The number of hydrogen-bond acceptors (Lipinski definition) is 5. The molecular formula is C17H29N3O5S. The van der Waals surface area contributed by atoms with Crippen LogP contribution >= 0.6 is 0 Å². The van der Waals surface area contributed by atoms with E-state index in [9.17, 15) is 18.0 Å². The highest BCUT2D eigenvalue weighted by Crippen LogP contribution is 2.24. The van der Waals surface area contributed by atoms with Crippen LogP contribution in [-0.2, 0) is 28.9 Å². The first-order valence-corrected chi connectivity index (χ1v) is 10.5. The Morgan fingerprint density at radius 1 is 1.23 bits per heavy atom. The second kappa shape index (κ2) is 8.06. The molecule has 148 valence electrons. The van der Waals surface area contributed by atoms with Crippen LogP contribution < -0.4 is 11.2 Å². The van der Waals surface area contributed by atoms with Crippen LogP contribution in [0.5, 0.6) is 0 Å². The van der Waals surface area contributed by atoms with Gasteiger partial charge in [0.05, 0.1) is 12.2 Å². The van der Waals surface area contributed by atoms with Crippen molar-refractivity contribution < 1.29 is 13.2 Å². The first kappa shape index (κ1) is 20.9. The molecule has 26 heavy (non-hydrogen) atoms. The maximum atomic E-state index is 13.2. The van der Waals surface area contributed by atoms with Crippen LogP contribution in [0.15, 0.2) is 20.7 Å². The zero-order valence-electron chi connectivity index (χ0n) is 16.1. The van der Waals surface area contributed by atoms with Gasteiger partial charge in [-0.15, -0.1) is 0 Å². The van der Waals surface area contributed by atoms with Crippen LogP contribution in [0.4, 0.5) is 0 Å². The van der Waals surface area contributed by atoms with Gasteiger partial charge < -0.3 is 9.30 Å². The minimum Gasteiger partial charge on any atom is -0.372 e. The highest BCUT2D eigenvalue weighted by atomic mass is 32.2. The number of nitrogens with zero attached hydrogens (tertiary/aromatic N) is 3. The van der Waals surface area contributed by atoms with Gasteiger partial charge in [-0.2, -0.15) is 4.31 Å². The number of rotatable bonds is 6. The minimum absolute atomic E-state index is 0.153. The van der Waals surface area contributed by atoms with Gasteiger partial charge in [0.1, 0.15) is 0 Å². The highest BCUT2D eigenvalue weighted by molar-refractivity contribution is 7.89. The van der Waals surface area contributed by atoms with Gasteiger partial charge in [-0.1, -0.05) is 33.6 Å². The van der Waals surface area contributed by atoms with E-state index < -0.39 is 21.3 Å². The largest absolute Gasteiger partial charge is 0.372 e. The summed E-state index contributed by atoms with van der Waals surface area (Å²) >= 11 is 0. The lowest BCUT2D eigenvalue weighted by Gasteiger charge is -2.39. The van der Waals surface area contributed by atoms with E-state index in [1.165, 1.54) is 18.4 Å². The number of sulfonamides is 1. The van der Waals surface area contributed by atoms with Crippen LogP contribution in [0.2, 0.25) is 0 Å².